The van der Waals surface area contributed by atoms with Gasteiger partial charge in [0.1, 0.15) is 5.75 Å². The number of benzene rings is 4. The van der Waals surface area contributed by atoms with Gasteiger partial charge < -0.3 is 24.4 Å². The van der Waals surface area contributed by atoms with Crippen molar-refractivity contribution in [3.8, 4) is 39.1 Å². The first kappa shape index (κ1) is 50.7. The Morgan fingerprint density at radius 2 is 1.02 bits per heavy atom. The molecular weight excluding hydrogens is 785 g/mol. The van der Waals surface area contributed by atoms with Crippen LogP contribution in [0.2, 0.25) is 0 Å². The van der Waals surface area contributed by atoms with Gasteiger partial charge in [-0.2, -0.15) is 0 Å². The minimum Gasteiger partial charge on any atom is -0.493 e. The lowest BCUT2D eigenvalue weighted by Gasteiger charge is -2.30. The smallest absolute Gasteiger partial charge is 0.333 e. The summed E-state index contributed by atoms with van der Waals surface area (Å²) in [6.45, 7) is 20.0. The highest BCUT2D eigenvalue weighted by Gasteiger charge is 2.28. The number of aliphatic hydroxyl groups excluding tert-OH is 2. The highest BCUT2D eigenvalue weighted by Crippen LogP contribution is 2.38. The lowest BCUT2D eigenvalue weighted by molar-refractivity contribution is -0.139. The molecule has 0 saturated carbocycles. The molecule has 0 atom stereocenters. The zero-order valence-corrected chi connectivity index (χ0v) is 39.2. The molecule has 340 valence electrons. The molecule has 0 bridgehead atoms. The van der Waals surface area contributed by atoms with Crippen LogP contribution in [-0.4, -0.2) is 55.2 Å². The maximum absolute atomic E-state index is 12.3. The Morgan fingerprint density at radius 1 is 0.540 bits per heavy atom. The molecule has 0 radical (unpaired) electrons. The molecular formula is C56H74O7. The summed E-state index contributed by atoms with van der Waals surface area (Å²) in [5.74, 6) is -0.0897. The fraction of sp³-hybridized carbons (Fsp3) is 0.464. The monoisotopic (exact) mass is 859 g/mol. The van der Waals surface area contributed by atoms with E-state index in [1.54, 1.807) is 13.8 Å². The van der Waals surface area contributed by atoms with Crippen LogP contribution in [0, 0.1) is 5.41 Å². The number of carbonyl (C=O) groups excluding carboxylic acids is 2. The molecule has 0 fully saturated rings. The van der Waals surface area contributed by atoms with E-state index in [1.165, 1.54) is 58.2 Å². The first-order valence-electron chi connectivity index (χ1n) is 23.4. The number of hydrogen-bond acceptors (Lipinski definition) is 7. The number of esters is 2. The Labute approximate surface area is 378 Å². The Morgan fingerprint density at radius 3 is 1.48 bits per heavy atom. The van der Waals surface area contributed by atoms with Crippen LogP contribution < -0.4 is 4.74 Å². The average molecular weight is 859 g/mol. The van der Waals surface area contributed by atoms with Crippen molar-refractivity contribution < 1.29 is 34.0 Å². The zero-order chi connectivity index (χ0) is 45.8. The summed E-state index contributed by atoms with van der Waals surface area (Å²) in [4.78, 5) is 24.5. The molecule has 0 saturated heterocycles. The van der Waals surface area contributed by atoms with Gasteiger partial charge in [0.25, 0.3) is 0 Å². The van der Waals surface area contributed by atoms with Gasteiger partial charge in [-0.1, -0.05) is 127 Å². The Bertz CT molecular complexity index is 2050. The summed E-state index contributed by atoms with van der Waals surface area (Å²) in [5, 5.41) is 20.8. The fourth-order valence-electron chi connectivity index (χ4n) is 8.11. The molecule has 0 unspecified atom stereocenters. The maximum atomic E-state index is 12.3. The zero-order valence-electron chi connectivity index (χ0n) is 39.2. The number of carbonyl (C=O) groups is 2. The summed E-state index contributed by atoms with van der Waals surface area (Å²) in [6.07, 6.45) is 12.0. The molecule has 7 nitrogen and oxygen atoms in total. The van der Waals surface area contributed by atoms with E-state index < -0.39 is 17.4 Å². The minimum atomic E-state index is -0.640. The van der Waals surface area contributed by atoms with Gasteiger partial charge in [0.05, 0.1) is 33.0 Å². The van der Waals surface area contributed by atoms with Gasteiger partial charge in [0.2, 0.25) is 0 Å². The summed E-state index contributed by atoms with van der Waals surface area (Å²) >= 11 is 0. The molecule has 4 aromatic carbocycles. The Hall–Kier alpha value is -4.98. The van der Waals surface area contributed by atoms with E-state index in [0.29, 0.717) is 56.3 Å². The van der Waals surface area contributed by atoms with Crippen LogP contribution >= 0.6 is 0 Å². The van der Waals surface area contributed by atoms with E-state index in [4.69, 9.17) is 14.2 Å². The molecule has 4 aromatic rings. The van der Waals surface area contributed by atoms with E-state index in [1.807, 2.05) is 0 Å². The Kier molecular flexibility index (Phi) is 20.9. The highest BCUT2D eigenvalue weighted by molar-refractivity contribution is 5.87. The quantitative estimate of drug-likeness (QED) is 0.0333. The number of aryl methyl sites for hydroxylation is 5. The number of unbranched alkanes of at least 4 members (excludes halogenated alkanes) is 3. The predicted octanol–water partition coefficient (Wildman–Crippen LogP) is 12.6. The lowest BCUT2D eigenvalue weighted by atomic mass is 9.81. The van der Waals surface area contributed by atoms with Crippen molar-refractivity contribution in [1.82, 2.24) is 0 Å². The molecule has 4 rings (SSSR count). The van der Waals surface area contributed by atoms with Crippen LogP contribution in [0.25, 0.3) is 33.4 Å². The van der Waals surface area contributed by atoms with Gasteiger partial charge in [0.15, 0.2) is 0 Å². The SMILES string of the molecule is C=C(C)C(=O)OCCCc1cc(-c2ccc(-c3ccc(-c4ccc(CCCCC)cc4)c(CC)c3)cc2CC)cc(CCCOC(=O)C(=C)C)c1OCCC(CO)(CO)CCCC. The van der Waals surface area contributed by atoms with Gasteiger partial charge in [-0.15, -0.1) is 0 Å². The van der Waals surface area contributed by atoms with Crippen LogP contribution in [0.4, 0.5) is 0 Å². The topological polar surface area (TPSA) is 102 Å². The molecule has 0 amide bonds. The highest BCUT2D eigenvalue weighted by atomic mass is 16.5. The standard InChI is InChI=1S/C56H74O7/c1-9-13-15-18-42-21-23-45(24-22-42)51-27-25-46(34-43(51)11-3)47-26-28-52(44(12-4)35-47)50-36-48(19-16-31-62-54(59)40(5)6)53(49(37-50)20-17-32-63-55(60)41(7)8)61-33-30-56(38-57,39-58)29-14-10-2/h21-28,34-37,57-58H,5,7,9-20,29-33,38-39H2,1-4,6,8H3. The third-order valence-electron chi connectivity index (χ3n) is 12.1. The molecule has 63 heavy (non-hydrogen) atoms. The lowest BCUT2D eigenvalue weighted by Crippen LogP contribution is -2.32. The molecule has 0 aliphatic carbocycles. The van der Waals surface area contributed by atoms with E-state index in [0.717, 1.165) is 60.1 Å². The fourth-order valence-corrected chi connectivity index (χ4v) is 8.11. The van der Waals surface area contributed by atoms with E-state index in [2.05, 4.69) is 114 Å². The molecule has 0 heterocycles. The van der Waals surface area contributed by atoms with Crippen LogP contribution in [0.3, 0.4) is 0 Å². The average Bonchev–Trinajstić information content (AvgIpc) is 3.30. The van der Waals surface area contributed by atoms with Crippen molar-refractivity contribution in [2.24, 2.45) is 5.41 Å². The van der Waals surface area contributed by atoms with Gasteiger partial charge in [-0.3, -0.25) is 0 Å². The normalized spacial score (nSPS) is 11.4. The second kappa shape index (κ2) is 26.0. The number of rotatable bonds is 28. The first-order valence-corrected chi connectivity index (χ1v) is 23.4. The van der Waals surface area contributed by atoms with Crippen molar-refractivity contribution in [2.75, 3.05) is 33.0 Å². The first-order chi connectivity index (χ1) is 30.4. The molecule has 0 aromatic heterocycles. The second-order valence-corrected chi connectivity index (χ2v) is 17.3. The van der Waals surface area contributed by atoms with Crippen molar-refractivity contribution >= 4 is 11.9 Å². The summed E-state index contributed by atoms with van der Waals surface area (Å²) in [6, 6.07) is 27.1. The Balaban J connectivity index is 1.73. The number of aliphatic hydroxyl groups is 2. The van der Waals surface area contributed by atoms with E-state index in [9.17, 15) is 19.8 Å². The second-order valence-electron chi connectivity index (χ2n) is 17.3. The van der Waals surface area contributed by atoms with E-state index >= 15 is 0 Å². The predicted molar refractivity (Wildman–Crippen MR) is 259 cm³/mol. The molecule has 0 aliphatic heterocycles. The van der Waals surface area contributed by atoms with Gasteiger partial charge in [0, 0.05) is 16.6 Å². The van der Waals surface area contributed by atoms with Crippen LogP contribution in [-0.2, 0) is 51.2 Å². The summed E-state index contributed by atoms with van der Waals surface area (Å²) < 4.78 is 17.7. The third kappa shape index (κ3) is 14.8. The molecule has 0 aliphatic rings. The van der Waals surface area contributed by atoms with Crippen molar-refractivity contribution in [1.29, 1.82) is 0 Å². The minimum absolute atomic E-state index is 0.125. The molecule has 2 N–H and O–H groups in total. The van der Waals surface area contributed by atoms with E-state index in [-0.39, 0.29) is 26.4 Å². The van der Waals surface area contributed by atoms with Gasteiger partial charge in [-0.05, 0) is 151 Å². The maximum Gasteiger partial charge on any atom is 0.333 e. The van der Waals surface area contributed by atoms with Gasteiger partial charge in [-0.25, -0.2) is 9.59 Å². The van der Waals surface area contributed by atoms with Crippen LogP contribution in [0.5, 0.6) is 5.75 Å². The van der Waals surface area contributed by atoms with Crippen molar-refractivity contribution in [3.05, 3.63) is 125 Å². The van der Waals surface area contributed by atoms with Crippen molar-refractivity contribution in [3.63, 3.8) is 0 Å². The largest absolute Gasteiger partial charge is 0.493 e. The van der Waals surface area contributed by atoms with Crippen LogP contribution in [0.1, 0.15) is 127 Å². The summed E-state index contributed by atoms with van der Waals surface area (Å²) in [5.41, 5.74) is 13.0. The molecule has 7 heteroatoms. The molecule has 0 spiro atoms. The number of ether oxygens (including phenoxy) is 3. The number of hydrogen-bond donors (Lipinski definition) is 2. The van der Waals surface area contributed by atoms with Gasteiger partial charge >= 0.3 is 11.9 Å². The summed E-state index contributed by atoms with van der Waals surface area (Å²) in [7, 11) is 0. The van der Waals surface area contributed by atoms with Crippen molar-refractivity contribution in [2.45, 2.75) is 131 Å². The third-order valence-corrected chi connectivity index (χ3v) is 12.1. The van der Waals surface area contributed by atoms with Crippen LogP contribution in [0.15, 0.2) is 97.1 Å².